The average molecular weight is 423 g/mol. The van der Waals surface area contributed by atoms with Gasteiger partial charge >= 0.3 is 0 Å². The maximum absolute atomic E-state index is 12.7. The van der Waals surface area contributed by atoms with Crippen LogP contribution in [0.1, 0.15) is 18.4 Å². The number of nitrogens with zero attached hydrogens (tertiary/aromatic N) is 1. The molecule has 1 saturated heterocycles. The van der Waals surface area contributed by atoms with E-state index in [0.717, 1.165) is 38.0 Å². The van der Waals surface area contributed by atoms with E-state index < -0.39 is 0 Å². The molecule has 1 fully saturated rings. The van der Waals surface area contributed by atoms with Crippen molar-refractivity contribution in [2.24, 2.45) is 5.92 Å². The van der Waals surface area contributed by atoms with Gasteiger partial charge in [-0.05, 0) is 55.8 Å². The molecule has 0 aliphatic carbocycles. The van der Waals surface area contributed by atoms with Gasteiger partial charge in [0.1, 0.15) is 11.5 Å². The minimum Gasteiger partial charge on any atom is -0.497 e. The normalized spacial score (nSPS) is 15.3. The summed E-state index contributed by atoms with van der Waals surface area (Å²) in [7, 11) is 3.18. The van der Waals surface area contributed by atoms with Crippen LogP contribution in [0, 0.1) is 5.92 Å². The molecule has 2 aromatic rings. The van der Waals surface area contributed by atoms with Crippen molar-refractivity contribution in [1.82, 2.24) is 4.90 Å². The molecule has 0 radical (unpaired) electrons. The highest BCUT2D eigenvalue weighted by molar-refractivity contribution is 6.42. The van der Waals surface area contributed by atoms with Gasteiger partial charge in [0.05, 0.1) is 30.0 Å². The molecule has 0 atom stereocenters. The molecule has 0 spiro atoms. The smallest absolute Gasteiger partial charge is 0.227 e. The van der Waals surface area contributed by atoms with Crippen LogP contribution in [0.25, 0.3) is 0 Å². The van der Waals surface area contributed by atoms with Gasteiger partial charge in [-0.2, -0.15) is 0 Å². The monoisotopic (exact) mass is 422 g/mol. The third-order valence-electron chi connectivity index (χ3n) is 5.01. The number of rotatable bonds is 6. The average Bonchev–Trinajstić information content (AvgIpc) is 2.71. The highest BCUT2D eigenvalue weighted by Crippen LogP contribution is 2.30. The SMILES string of the molecule is COc1ccc(OC)c(NC(=O)C2CCN(Cc3ccc(Cl)c(Cl)c3)CC2)c1. The van der Waals surface area contributed by atoms with E-state index in [1.165, 1.54) is 0 Å². The van der Waals surface area contributed by atoms with Crippen LogP contribution < -0.4 is 14.8 Å². The fourth-order valence-electron chi connectivity index (χ4n) is 3.40. The van der Waals surface area contributed by atoms with Crippen molar-refractivity contribution in [1.29, 1.82) is 0 Å². The molecule has 1 aliphatic rings. The summed E-state index contributed by atoms with van der Waals surface area (Å²) in [6.45, 7) is 2.51. The Labute approximate surface area is 175 Å². The Bertz CT molecular complexity index is 836. The van der Waals surface area contributed by atoms with Crippen molar-refractivity contribution in [3.8, 4) is 11.5 Å². The van der Waals surface area contributed by atoms with Crippen molar-refractivity contribution in [2.75, 3.05) is 32.6 Å². The molecular formula is C21H24Cl2N2O3. The summed E-state index contributed by atoms with van der Waals surface area (Å²) in [4.78, 5) is 15.1. The number of hydrogen-bond donors (Lipinski definition) is 1. The summed E-state index contributed by atoms with van der Waals surface area (Å²) in [6, 6.07) is 11.1. The Hall–Kier alpha value is -1.95. The summed E-state index contributed by atoms with van der Waals surface area (Å²) in [5, 5.41) is 4.12. The minimum absolute atomic E-state index is 0.0146. The van der Waals surface area contributed by atoms with Crippen molar-refractivity contribution in [3.05, 3.63) is 52.0 Å². The Morgan fingerprint density at radius 1 is 1.07 bits per heavy atom. The number of carbonyl (C=O) groups excluding carboxylic acids is 1. The van der Waals surface area contributed by atoms with Gasteiger partial charge in [-0.25, -0.2) is 0 Å². The Morgan fingerprint density at radius 2 is 1.82 bits per heavy atom. The number of hydrogen-bond acceptors (Lipinski definition) is 4. The van der Waals surface area contributed by atoms with E-state index in [1.807, 2.05) is 18.2 Å². The van der Waals surface area contributed by atoms with E-state index in [-0.39, 0.29) is 11.8 Å². The molecule has 1 aliphatic heterocycles. The van der Waals surface area contributed by atoms with Crippen molar-refractivity contribution < 1.29 is 14.3 Å². The molecule has 7 heteroatoms. The number of amides is 1. The van der Waals surface area contributed by atoms with E-state index in [1.54, 1.807) is 32.4 Å². The number of anilines is 1. The Kier molecular flexibility index (Phi) is 7.05. The predicted octanol–water partition coefficient (Wildman–Crippen LogP) is 4.86. The van der Waals surface area contributed by atoms with E-state index in [9.17, 15) is 4.79 Å². The van der Waals surface area contributed by atoms with Gasteiger partial charge in [0.2, 0.25) is 5.91 Å². The first-order chi connectivity index (χ1) is 13.5. The molecular weight excluding hydrogens is 399 g/mol. The van der Waals surface area contributed by atoms with Crippen LogP contribution >= 0.6 is 23.2 Å². The second-order valence-corrected chi connectivity index (χ2v) is 7.67. The number of carbonyl (C=O) groups is 1. The van der Waals surface area contributed by atoms with Crippen LogP contribution in [0.5, 0.6) is 11.5 Å². The van der Waals surface area contributed by atoms with Gasteiger partial charge in [0, 0.05) is 18.5 Å². The highest BCUT2D eigenvalue weighted by atomic mass is 35.5. The van der Waals surface area contributed by atoms with Crippen LogP contribution in [0.3, 0.4) is 0 Å². The number of halogens is 2. The fraction of sp³-hybridized carbons (Fsp3) is 0.381. The molecule has 5 nitrogen and oxygen atoms in total. The lowest BCUT2D eigenvalue weighted by Gasteiger charge is -2.31. The second kappa shape index (κ2) is 9.50. The van der Waals surface area contributed by atoms with E-state index >= 15 is 0 Å². The molecule has 3 rings (SSSR count). The first kappa shape index (κ1) is 20.8. The first-order valence-electron chi connectivity index (χ1n) is 9.19. The topological polar surface area (TPSA) is 50.8 Å². The first-order valence-corrected chi connectivity index (χ1v) is 9.95. The molecule has 1 N–H and O–H groups in total. The molecule has 150 valence electrons. The van der Waals surface area contributed by atoms with Crippen molar-refractivity contribution in [2.45, 2.75) is 19.4 Å². The van der Waals surface area contributed by atoms with Crippen LogP contribution in [0.4, 0.5) is 5.69 Å². The summed E-state index contributed by atoms with van der Waals surface area (Å²) in [5.74, 6) is 1.28. The lowest BCUT2D eigenvalue weighted by molar-refractivity contribution is -0.121. The van der Waals surface area contributed by atoms with Crippen LogP contribution in [0.2, 0.25) is 10.0 Å². The third-order valence-corrected chi connectivity index (χ3v) is 5.75. The van der Waals surface area contributed by atoms with Gasteiger partial charge in [-0.1, -0.05) is 29.3 Å². The van der Waals surface area contributed by atoms with Crippen LogP contribution in [-0.4, -0.2) is 38.1 Å². The lowest BCUT2D eigenvalue weighted by Crippen LogP contribution is -2.37. The van der Waals surface area contributed by atoms with Crippen LogP contribution in [-0.2, 0) is 11.3 Å². The molecule has 0 saturated carbocycles. The zero-order chi connectivity index (χ0) is 20.1. The summed E-state index contributed by atoms with van der Waals surface area (Å²) in [6.07, 6.45) is 1.61. The number of ether oxygens (including phenoxy) is 2. The summed E-state index contributed by atoms with van der Waals surface area (Å²) < 4.78 is 10.6. The van der Waals surface area contributed by atoms with E-state index in [4.69, 9.17) is 32.7 Å². The van der Waals surface area contributed by atoms with Gasteiger partial charge in [-0.3, -0.25) is 9.69 Å². The van der Waals surface area contributed by atoms with Gasteiger partial charge < -0.3 is 14.8 Å². The molecule has 2 aromatic carbocycles. The lowest BCUT2D eigenvalue weighted by atomic mass is 9.95. The zero-order valence-corrected chi connectivity index (χ0v) is 17.5. The largest absolute Gasteiger partial charge is 0.497 e. The minimum atomic E-state index is -0.0269. The molecule has 0 aromatic heterocycles. The number of benzene rings is 2. The summed E-state index contributed by atoms with van der Waals surface area (Å²) >= 11 is 12.1. The third kappa shape index (κ3) is 5.10. The fourth-order valence-corrected chi connectivity index (χ4v) is 3.72. The molecule has 0 unspecified atom stereocenters. The van der Waals surface area contributed by atoms with E-state index in [0.29, 0.717) is 27.2 Å². The van der Waals surface area contributed by atoms with Gasteiger partial charge in [-0.15, -0.1) is 0 Å². The highest BCUT2D eigenvalue weighted by Gasteiger charge is 2.26. The number of piperidine rings is 1. The Balaban J connectivity index is 1.56. The molecule has 1 heterocycles. The second-order valence-electron chi connectivity index (χ2n) is 6.85. The quantitative estimate of drug-likeness (QED) is 0.721. The maximum atomic E-state index is 12.7. The standard InChI is InChI=1S/C21H24Cl2N2O3/c1-27-16-4-6-20(28-2)19(12-16)24-21(26)15-7-9-25(10-8-15)13-14-3-5-17(22)18(23)11-14/h3-6,11-12,15H,7-10,13H2,1-2H3,(H,24,26). The van der Waals surface area contributed by atoms with Gasteiger partial charge in [0.15, 0.2) is 0 Å². The van der Waals surface area contributed by atoms with Crippen molar-refractivity contribution in [3.63, 3.8) is 0 Å². The maximum Gasteiger partial charge on any atom is 0.227 e. The van der Waals surface area contributed by atoms with Crippen LogP contribution in [0.15, 0.2) is 36.4 Å². The molecule has 1 amide bonds. The molecule has 0 bridgehead atoms. The Morgan fingerprint density at radius 3 is 2.46 bits per heavy atom. The predicted molar refractivity (Wildman–Crippen MR) is 113 cm³/mol. The van der Waals surface area contributed by atoms with Gasteiger partial charge in [0.25, 0.3) is 0 Å². The summed E-state index contributed by atoms with van der Waals surface area (Å²) in [5.41, 5.74) is 1.75. The molecule has 28 heavy (non-hydrogen) atoms. The van der Waals surface area contributed by atoms with Crippen molar-refractivity contribution >= 4 is 34.8 Å². The number of likely N-dealkylation sites (tertiary alicyclic amines) is 1. The number of methoxy groups -OCH3 is 2. The zero-order valence-electron chi connectivity index (χ0n) is 16.0. The van der Waals surface area contributed by atoms with E-state index in [2.05, 4.69) is 10.2 Å². The number of nitrogens with one attached hydrogen (secondary N) is 1.